The molecule has 164 valence electrons. The number of carboxylic acids is 1. The SMILES string of the molecule is COc1ccc2c(-c3ccc(COC(=O)CCC(=O)O)o3)nn(Cc3ccccc3)c2c1. The second-order valence-electron chi connectivity index (χ2n) is 7.20. The van der Waals surface area contributed by atoms with Gasteiger partial charge in [0.25, 0.3) is 0 Å². The van der Waals surface area contributed by atoms with Crippen molar-refractivity contribution < 1.29 is 28.6 Å². The molecule has 4 rings (SSSR count). The number of nitrogens with zero attached hydrogens (tertiary/aromatic N) is 2. The number of methoxy groups -OCH3 is 1. The third kappa shape index (κ3) is 4.80. The van der Waals surface area contributed by atoms with Crippen LogP contribution in [0, 0.1) is 0 Å². The van der Waals surface area contributed by atoms with Crippen molar-refractivity contribution in [2.24, 2.45) is 0 Å². The van der Waals surface area contributed by atoms with Crippen LogP contribution < -0.4 is 4.74 Å². The lowest BCUT2D eigenvalue weighted by Crippen LogP contribution is -2.07. The number of hydrogen-bond donors (Lipinski definition) is 1. The Morgan fingerprint density at radius 1 is 1.06 bits per heavy atom. The number of carboxylic acid groups (broad SMARTS) is 1. The molecule has 8 heteroatoms. The molecule has 2 aromatic heterocycles. The van der Waals surface area contributed by atoms with Gasteiger partial charge in [-0.1, -0.05) is 30.3 Å². The molecule has 0 radical (unpaired) electrons. The van der Waals surface area contributed by atoms with E-state index >= 15 is 0 Å². The van der Waals surface area contributed by atoms with Crippen molar-refractivity contribution in [3.63, 3.8) is 0 Å². The molecule has 0 bridgehead atoms. The fourth-order valence-corrected chi connectivity index (χ4v) is 3.36. The van der Waals surface area contributed by atoms with Gasteiger partial charge in [-0.25, -0.2) is 0 Å². The summed E-state index contributed by atoms with van der Waals surface area (Å²) in [5.74, 6) is 0.0880. The highest BCUT2D eigenvalue weighted by atomic mass is 16.5. The van der Waals surface area contributed by atoms with Gasteiger partial charge in [0.2, 0.25) is 0 Å². The highest BCUT2D eigenvalue weighted by Gasteiger charge is 2.17. The quantitative estimate of drug-likeness (QED) is 0.393. The van der Waals surface area contributed by atoms with Gasteiger partial charge >= 0.3 is 11.9 Å². The third-order valence-electron chi connectivity index (χ3n) is 4.95. The van der Waals surface area contributed by atoms with Crippen LogP contribution in [0.5, 0.6) is 5.75 Å². The van der Waals surface area contributed by atoms with Gasteiger partial charge in [-0.15, -0.1) is 0 Å². The maximum Gasteiger partial charge on any atom is 0.306 e. The number of rotatable bonds is 9. The summed E-state index contributed by atoms with van der Waals surface area (Å²) in [5, 5.41) is 14.3. The van der Waals surface area contributed by atoms with Gasteiger partial charge in [0, 0.05) is 11.5 Å². The summed E-state index contributed by atoms with van der Waals surface area (Å²) in [6.45, 7) is 0.508. The Labute approximate surface area is 184 Å². The lowest BCUT2D eigenvalue weighted by molar-refractivity contribution is -0.149. The first-order valence-corrected chi connectivity index (χ1v) is 10.1. The van der Waals surface area contributed by atoms with Crippen LogP contribution in [0.3, 0.4) is 0 Å². The molecule has 0 amide bonds. The van der Waals surface area contributed by atoms with Gasteiger partial charge in [-0.2, -0.15) is 5.10 Å². The van der Waals surface area contributed by atoms with Crippen molar-refractivity contribution in [2.45, 2.75) is 26.0 Å². The zero-order valence-corrected chi connectivity index (χ0v) is 17.5. The number of benzene rings is 2. The summed E-state index contributed by atoms with van der Waals surface area (Å²) in [6.07, 6.45) is -0.449. The first kappa shape index (κ1) is 21.2. The van der Waals surface area contributed by atoms with E-state index in [1.54, 1.807) is 19.2 Å². The van der Waals surface area contributed by atoms with Gasteiger partial charge in [0.1, 0.15) is 23.8 Å². The highest BCUT2D eigenvalue weighted by Crippen LogP contribution is 2.32. The molecular formula is C24H22N2O6. The molecule has 8 nitrogen and oxygen atoms in total. The standard InChI is InChI=1S/C24H22N2O6/c1-30-17-7-9-19-20(13-17)26(14-16-5-3-2-4-6-16)25-24(19)21-10-8-18(32-21)15-31-23(29)12-11-22(27)28/h2-10,13H,11-12,14-15H2,1H3,(H,27,28). The Balaban J connectivity index is 1.59. The van der Waals surface area contributed by atoms with E-state index in [0.717, 1.165) is 22.2 Å². The monoisotopic (exact) mass is 434 g/mol. The van der Waals surface area contributed by atoms with E-state index in [-0.39, 0.29) is 19.4 Å². The van der Waals surface area contributed by atoms with Gasteiger partial charge in [-0.05, 0) is 29.8 Å². The fraction of sp³-hybridized carbons (Fsp3) is 0.208. The maximum absolute atomic E-state index is 11.7. The van der Waals surface area contributed by atoms with Crippen molar-refractivity contribution in [3.8, 4) is 17.2 Å². The van der Waals surface area contributed by atoms with Crippen LogP contribution in [-0.4, -0.2) is 33.9 Å². The molecule has 2 aromatic carbocycles. The molecule has 0 fully saturated rings. The normalized spacial score (nSPS) is 10.9. The number of fused-ring (bicyclic) bond motifs is 1. The van der Waals surface area contributed by atoms with Crippen LogP contribution in [-0.2, 0) is 27.5 Å². The number of aliphatic carboxylic acids is 1. The second-order valence-corrected chi connectivity index (χ2v) is 7.20. The van der Waals surface area contributed by atoms with E-state index in [9.17, 15) is 9.59 Å². The molecular weight excluding hydrogens is 412 g/mol. The number of hydrogen-bond acceptors (Lipinski definition) is 6. The Hall–Kier alpha value is -4.07. The number of carbonyl (C=O) groups excluding carboxylic acids is 1. The maximum atomic E-state index is 11.7. The molecule has 32 heavy (non-hydrogen) atoms. The van der Waals surface area contributed by atoms with Crippen LogP contribution in [0.25, 0.3) is 22.4 Å². The molecule has 0 aliphatic heterocycles. The van der Waals surface area contributed by atoms with Crippen molar-refractivity contribution >= 4 is 22.8 Å². The molecule has 4 aromatic rings. The third-order valence-corrected chi connectivity index (χ3v) is 4.95. The molecule has 0 unspecified atom stereocenters. The number of esters is 1. The molecule has 0 spiro atoms. The highest BCUT2D eigenvalue weighted by molar-refractivity contribution is 5.93. The summed E-state index contributed by atoms with van der Waals surface area (Å²) in [6, 6.07) is 19.2. The molecule has 0 aliphatic carbocycles. The summed E-state index contributed by atoms with van der Waals surface area (Å²) in [7, 11) is 1.62. The van der Waals surface area contributed by atoms with Gasteiger partial charge in [0.15, 0.2) is 5.76 Å². The second kappa shape index (κ2) is 9.38. The molecule has 2 heterocycles. The van der Waals surface area contributed by atoms with Crippen LogP contribution >= 0.6 is 0 Å². The minimum absolute atomic E-state index is 0.0745. The fourth-order valence-electron chi connectivity index (χ4n) is 3.36. The predicted octanol–water partition coefficient (Wildman–Crippen LogP) is 4.26. The lowest BCUT2D eigenvalue weighted by atomic mass is 10.1. The number of aromatic nitrogens is 2. The summed E-state index contributed by atoms with van der Waals surface area (Å²) >= 11 is 0. The first-order chi connectivity index (χ1) is 15.5. The number of carbonyl (C=O) groups is 2. The minimum Gasteiger partial charge on any atom is -0.497 e. The van der Waals surface area contributed by atoms with Crippen LogP contribution in [0.4, 0.5) is 0 Å². The van der Waals surface area contributed by atoms with Crippen molar-refractivity contribution in [2.75, 3.05) is 7.11 Å². The zero-order valence-electron chi connectivity index (χ0n) is 17.5. The Kier molecular flexibility index (Phi) is 6.21. The largest absolute Gasteiger partial charge is 0.497 e. The topological polar surface area (TPSA) is 104 Å². The zero-order chi connectivity index (χ0) is 22.5. The number of ether oxygens (including phenoxy) is 2. The Morgan fingerprint density at radius 2 is 1.88 bits per heavy atom. The van der Waals surface area contributed by atoms with E-state index in [0.29, 0.717) is 23.8 Å². The van der Waals surface area contributed by atoms with Crippen molar-refractivity contribution in [1.29, 1.82) is 0 Å². The first-order valence-electron chi connectivity index (χ1n) is 10.1. The average Bonchev–Trinajstić information content (AvgIpc) is 3.41. The van der Waals surface area contributed by atoms with Gasteiger partial charge in [0.05, 0.1) is 32.0 Å². The molecule has 0 saturated carbocycles. The predicted molar refractivity (Wildman–Crippen MR) is 116 cm³/mol. The molecule has 0 aliphatic rings. The van der Waals surface area contributed by atoms with Crippen LogP contribution in [0.2, 0.25) is 0 Å². The van der Waals surface area contributed by atoms with E-state index in [1.807, 2.05) is 53.2 Å². The van der Waals surface area contributed by atoms with Crippen LogP contribution in [0.15, 0.2) is 65.1 Å². The molecule has 0 atom stereocenters. The Bertz CT molecular complexity index is 1240. The lowest BCUT2D eigenvalue weighted by Gasteiger charge is -2.05. The summed E-state index contributed by atoms with van der Waals surface area (Å²) in [4.78, 5) is 22.2. The Morgan fingerprint density at radius 3 is 2.62 bits per heavy atom. The summed E-state index contributed by atoms with van der Waals surface area (Å²) < 4.78 is 18.3. The molecule has 1 N–H and O–H groups in total. The number of furan rings is 1. The minimum atomic E-state index is -1.04. The van der Waals surface area contributed by atoms with Crippen LogP contribution in [0.1, 0.15) is 24.2 Å². The van der Waals surface area contributed by atoms with E-state index in [4.69, 9.17) is 24.1 Å². The van der Waals surface area contributed by atoms with Gasteiger partial charge in [-0.3, -0.25) is 14.3 Å². The molecule has 0 saturated heterocycles. The van der Waals surface area contributed by atoms with Gasteiger partial charge < -0.3 is 19.0 Å². The van der Waals surface area contributed by atoms with E-state index in [1.165, 1.54) is 0 Å². The average molecular weight is 434 g/mol. The van der Waals surface area contributed by atoms with E-state index in [2.05, 4.69) is 0 Å². The smallest absolute Gasteiger partial charge is 0.306 e. The summed E-state index contributed by atoms with van der Waals surface area (Å²) in [5.41, 5.74) is 2.68. The van der Waals surface area contributed by atoms with E-state index < -0.39 is 11.9 Å². The van der Waals surface area contributed by atoms with Crippen molar-refractivity contribution in [1.82, 2.24) is 9.78 Å². The van der Waals surface area contributed by atoms with Crippen molar-refractivity contribution in [3.05, 3.63) is 72.0 Å².